The van der Waals surface area contributed by atoms with E-state index in [4.69, 9.17) is 0 Å². The molecule has 5 nitrogen and oxygen atoms in total. The SMILES string of the molecule is Cc1cc(=O)c(C(=O)NCC[C@H]2C[C@H]3CC[C@H]2C3)nn1-c1ccccc1. The molecular formula is C21H25N3O2. The van der Waals surface area contributed by atoms with Crippen LogP contribution in [0.2, 0.25) is 0 Å². The van der Waals surface area contributed by atoms with Gasteiger partial charge in [0.05, 0.1) is 5.69 Å². The summed E-state index contributed by atoms with van der Waals surface area (Å²) in [6, 6.07) is 11.0. The van der Waals surface area contributed by atoms with Gasteiger partial charge in [0.2, 0.25) is 5.43 Å². The molecule has 1 heterocycles. The largest absolute Gasteiger partial charge is 0.351 e. The van der Waals surface area contributed by atoms with Crippen LogP contribution in [0.5, 0.6) is 0 Å². The first kappa shape index (κ1) is 17.0. The van der Waals surface area contributed by atoms with E-state index in [0.29, 0.717) is 12.2 Å². The van der Waals surface area contributed by atoms with Gasteiger partial charge in [-0.2, -0.15) is 5.10 Å². The number of fused-ring (bicyclic) bond motifs is 2. The van der Waals surface area contributed by atoms with Crippen LogP contribution >= 0.6 is 0 Å². The van der Waals surface area contributed by atoms with Gasteiger partial charge in [0.15, 0.2) is 5.69 Å². The van der Waals surface area contributed by atoms with Crippen molar-refractivity contribution >= 4 is 5.91 Å². The summed E-state index contributed by atoms with van der Waals surface area (Å²) < 4.78 is 1.65. The molecule has 0 aliphatic heterocycles. The van der Waals surface area contributed by atoms with Crippen molar-refractivity contribution in [2.24, 2.45) is 17.8 Å². The van der Waals surface area contributed by atoms with E-state index in [1.165, 1.54) is 31.7 Å². The number of hydrogen-bond acceptors (Lipinski definition) is 3. The van der Waals surface area contributed by atoms with Crippen molar-refractivity contribution in [2.45, 2.75) is 39.0 Å². The number of carbonyl (C=O) groups excluding carboxylic acids is 1. The summed E-state index contributed by atoms with van der Waals surface area (Å²) in [6.45, 7) is 2.44. The molecular weight excluding hydrogens is 326 g/mol. The van der Waals surface area contributed by atoms with Crippen molar-refractivity contribution in [3.05, 3.63) is 58.0 Å². The van der Waals surface area contributed by atoms with Crippen LogP contribution in [0.3, 0.4) is 0 Å². The lowest BCUT2D eigenvalue weighted by Crippen LogP contribution is -2.33. The standard InChI is InChI=1S/C21H25N3O2/c1-14-11-19(25)20(23-24(14)18-5-3-2-4-6-18)21(26)22-10-9-17-13-15-7-8-16(17)12-15/h2-6,11,15-17H,7-10,12-13H2,1H3,(H,22,26)/t15-,16-,17-/m0/s1. The van der Waals surface area contributed by atoms with Crippen molar-refractivity contribution in [2.75, 3.05) is 6.54 Å². The number of amides is 1. The summed E-state index contributed by atoms with van der Waals surface area (Å²) in [5.41, 5.74) is 1.18. The van der Waals surface area contributed by atoms with E-state index < -0.39 is 0 Å². The van der Waals surface area contributed by atoms with Crippen LogP contribution in [0, 0.1) is 24.7 Å². The summed E-state index contributed by atoms with van der Waals surface area (Å²) in [7, 11) is 0. The molecule has 0 spiro atoms. The van der Waals surface area contributed by atoms with Crippen LogP contribution in [-0.2, 0) is 0 Å². The second-order valence-corrected chi connectivity index (χ2v) is 7.73. The summed E-state index contributed by atoms with van der Waals surface area (Å²) in [6.07, 6.45) is 6.43. The van der Waals surface area contributed by atoms with Crippen LogP contribution in [-0.4, -0.2) is 22.2 Å². The normalized spacial score (nSPS) is 24.0. The Kier molecular flexibility index (Phi) is 4.62. The third-order valence-electron chi connectivity index (χ3n) is 6.01. The highest BCUT2D eigenvalue weighted by Gasteiger charge is 2.38. The second-order valence-electron chi connectivity index (χ2n) is 7.73. The summed E-state index contributed by atoms with van der Waals surface area (Å²) in [5.74, 6) is 2.13. The Morgan fingerprint density at radius 2 is 2.04 bits per heavy atom. The maximum absolute atomic E-state index is 12.5. The van der Waals surface area contributed by atoms with E-state index in [1.54, 1.807) is 4.68 Å². The average Bonchev–Trinajstić information content (AvgIpc) is 3.25. The highest BCUT2D eigenvalue weighted by atomic mass is 16.2. The van der Waals surface area contributed by atoms with Gasteiger partial charge in [0.25, 0.3) is 5.91 Å². The lowest BCUT2D eigenvalue weighted by atomic mass is 9.86. The van der Waals surface area contributed by atoms with Gasteiger partial charge < -0.3 is 5.32 Å². The molecule has 1 aromatic heterocycles. The van der Waals surface area contributed by atoms with Gasteiger partial charge in [0.1, 0.15) is 0 Å². The van der Waals surface area contributed by atoms with Crippen molar-refractivity contribution in [3.8, 4) is 5.69 Å². The molecule has 1 N–H and O–H groups in total. The van der Waals surface area contributed by atoms with E-state index >= 15 is 0 Å². The van der Waals surface area contributed by atoms with Crippen LogP contribution in [0.1, 0.15) is 48.3 Å². The van der Waals surface area contributed by atoms with E-state index in [9.17, 15) is 9.59 Å². The molecule has 3 atom stereocenters. The van der Waals surface area contributed by atoms with Gasteiger partial charge in [-0.1, -0.05) is 24.6 Å². The van der Waals surface area contributed by atoms with E-state index in [2.05, 4.69) is 10.4 Å². The van der Waals surface area contributed by atoms with Crippen molar-refractivity contribution in [1.29, 1.82) is 0 Å². The Bertz CT molecular complexity index is 859. The zero-order valence-electron chi connectivity index (χ0n) is 15.1. The molecule has 4 rings (SSSR count). The topological polar surface area (TPSA) is 64.0 Å². The zero-order valence-corrected chi connectivity index (χ0v) is 15.1. The average molecular weight is 351 g/mol. The Labute approximate surface area is 153 Å². The number of nitrogens with zero attached hydrogens (tertiary/aromatic N) is 2. The van der Waals surface area contributed by atoms with Crippen molar-refractivity contribution in [1.82, 2.24) is 15.1 Å². The van der Waals surface area contributed by atoms with Gasteiger partial charge in [-0.3, -0.25) is 9.59 Å². The number of para-hydroxylation sites is 1. The fourth-order valence-electron chi connectivity index (χ4n) is 4.72. The molecule has 2 aliphatic carbocycles. The van der Waals surface area contributed by atoms with Crippen molar-refractivity contribution < 1.29 is 4.79 Å². The molecule has 0 radical (unpaired) electrons. The first-order valence-corrected chi connectivity index (χ1v) is 9.56. The monoisotopic (exact) mass is 351 g/mol. The number of benzene rings is 1. The van der Waals surface area contributed by atoms with E-state index in [1.807, 2.05) is 37.3 Å². The Morgan fingerprint density at radius 3 is 2.73 bits per heavy atom. The summed E-state index contributed by atoms with van der Waals surface area (Å²) >= 11 is 0. The molecule has 2 aliphatic rings. The van der Waals surface area contributed by atoms with Crippen LogP contribution in [0.25, 0.3) is 5.69 Å². The highest BCUT2D eigenvalue weighted by Crippen LogP contribution is 2.49. The summed E-state index contributed by atoms with van der Waals surface area (Å²) in [5, 5.41) is 7.23. The first-order valence-electron chi connectivity index (χ1n) is 9.56. The minimum absolute atomic E-state index is 0.0348. The first-order chi connectivity index (χ1) is 12.6. The lowest BCUT2D eigenvalue weighted by Gasteiger charge is -2.21. The van der Waals surface area contributed by atoms with E-state index in [-0.39, 0.29) is 17.0 Å². The molecule has 1 aromatic carbocycles. The molecule has 1 amide bonds. The highest BCUT2D eigenvalue weighted by molar-refractivity contribution is 5.92. The molecule has 136 valence electrons. The molecule has 26 heavy (non-hydrogen) atoms. The van der Waals surface area contributed by atoms with Gasteiger partial charge in [0, 0.05) is 18.3 Å². The van der Waals surface area contributed by atoms with Gasteiger partial charge in [-0.25, -0.2) is 4.68 Å². The van der Waals surface area contributed by atoms with E-state index in [0.717, 1.165) is 29.9 Å². The number of hydrogen-bond donors (Lipinski definition) is 1. The molecule has 0 unspecified atom stereocenters. The molecule has 2 bridgehead atoms. The fraction of sp³-hybridized carbons (Fsp3) is 0.476. The molecule has 0 saturated heterocycles. The van der Waals surface area contributed by atoms with Gasteiger partial charge >= 0.3 is 0 Å². The number of nitrogens with one attached hydrogen (secondary N) is 1. The Hall–Kier alpha value is -2.43. The van der Waals surface area contributed by atoms with Crippen molar-refractivity contribution in [3.63, 3.8) is 0 Å². The summed E-state index contributed by atoms with van der Waals surface area (Å²) in [4.78, 5) is 24.8. The van der Waals surface area contributed by atoms with Crippen LogP contribution in [0.15, 0.2) is 41.2 Å². The number of aryl methyl sites for hydroxylation is 1. The third kappa shape index (κ3) is 3.30. The van der Waals surface area contributed by atoms with Gasteiger partial charge in [-0.05, 0) is 62.5 Å². The molecule has 5 heteroatoms. The molecule has 2 saturated carbocycles. The maximum Gasteiger partial charge on any atom is 0.275 e. The number of rotatable bonds is 5. The second kappa shape index (κ2) is 7.06. The predicted octanol–water partition coefficient (Wildman–Crippen LogP) is 3.10. The predicted molar refractivity (Wildman–Crippen MR) is 100 cm³/mol. The minimum Gasteiger partial charge on any atom is -0.351 e. The van der Waals surface area contributed by atoms with Gasteiger partial charge in [-0.15, -0.1) is 0 Å². The smallest absolute Gasteiger partial charge is 0.275 e. The zero-order chi connectivity index (χ0) is 18.1. The maximum atomic E-state index is 12.5. The fourth-order valence-corrected chi connectivity index (χ4v) is 4.72. The lowest BCUT2D eigenvalue weighted by molar-refractivity contribution is 0.0941. The number of aromatic nitrogens is 2. The third-order valence-corrected chi connectivity index (χ3v) is 6.01. The minimum atomic E-state index is -0.372. The molecule has 2 fully saturated rings. The van der Waals surface area contributed by atoms with Crippen LogP contribution in [0.4, 0.5) is 0 Å². The molecule has 2 aromatic rings. The quantitative estimate of drug-likeness (QED) is 0.900. The Balaban J connectivity index is 1.44. The Morgan fingerprint density at radius 1 is 1.23 bits per heavy atom. The van der Waals surface area contributed by atoms with Crippen LogP contribution < -0.4 is 10.7 Å². The number of carbonyl (C=O) groups is 1.